The van der Waals surface area contributed by atoms with Crippen LogP contribution in [-0.2, 0) is 11.2 Å². The summed E-state index contributed by atoms with van der Waals surface area (Å²) in [5, 5.41) is 48.0. The molecule has 75 heavy (non-hydrogen) atoms. The van der Waals surface area contributed by atoms with Gasteiger partial charge in [-0.2, -0.15) is 0 Å². The van der Waals surface area contributed by atoms with Gasteiger partial charge in [0.2, 0.25) is 0 Å². The van der Waals surface area contributed by atoms with Crippen molar-refractivity contribution in [3.8, 4) is 0 Å². The minimum atomic E-state index is -0.702. The van der Waals surface area contributed by atoms with Crippen molar-refractivity contribution in [1.82, 2.24) is 10.6 Å². The number of carboxylic acids is 1. The third-order valence-corrected chi connectivity index (χ3v) is 23.7. The van der Waals surface area contributed by atoms with E-state index < -0.39 is 18.0 Å². The maximum absolute atomic E-state index is 14.4. The van der Waals surface area contributed by atoms with Gasteiger partial charge in [-0.1, -0.05) is 167 Å². The van der Waals surface area contributed by atoms with E-state index in [1.807, 2.05) is 0 Å². The van der Waals surface area contributed by atoms with Gasteiger partial charge in [-0.15, -0.1) is 0 Å². The van der Waals surface area contributed by atoms with Gasteiger partial charge in [0, 0.05) is 46.6 Å². The number of benzene rings is 2. The van der Waals surface area contributed by atoms with Gasteiger partial charge in [0.05, 0.1) is 23.9 Å². The van der Waals surface area contributed by atoms with Gasteiger partial charge in [-0.05, 0) is 176 Å². The molecule has 0 amide bonds. The van der Waals surface area contributed by atoms with E-state index in [0.29, 0.717) is 18.3 Å². The van der Waals surface area contributed by atoms with E-state index in [0.717, 1.165) is 115 Å². The standard InChI is InChI=1S/C69H88N2O4/c1-4-5-6-12-34-69-56-24-14-33-67(69)35-29-55-58(69)42-66-32-16-31-65(3)59(72)30-36-68(55,64(65)66)57-40-48-20-10-11-22-51(48)53(54(57)41-66)39-45-17-13-21-47(38-45)49-26-28-60(71-43-49)70-37-15-23-50(46-18-8-7-9-19-46)44(2)25-27-52(63(74)75)61(67)62(56)73/h10-11,13,16-17,20-22,26,28,32,38,40-41,46,50,52,56-57,59,61-62,64,70-73H,2,4-9,12,14-15,18-19,23-25,27,29-31,33-37,39,42-43H2,1,3H3,(H,74,75). The van der Waals surface area contributed by atoms with Crippen LogP contribution in [0.15, 0.2) is 114 Å². The summed E-state index contributed by atoms with van der Waals surface area (Å²) in [6, 6.07) is 18.6. The molecule has 0 radical (unpaired) electrons. The minimum Gasteiger partial charge on any atom is -0.481 e. The number of carbonyl (C=O) groups is 1. The lowest BCUT2D eigenvalue weighted by Crippen LogP contribution is -2.68. The molecular formula is C69H88N2O4. The average Bonchev–Trinajstić information content (AvgIpc) is 3.84. The number of nitrogens with one attached hydrogen (secondary N) is 2. The van der Waals surface area contributed by atoms with E-state index in [2.05, 4.69) is 109 Å². The zero-order valence-corrected chi connectivity index (χ0v) is 45.6. The molecule has 15 bridgehead atoms. The quantitative estimate of drug-likeness (QED) is 0.140. The molecule has 2 aromatic rings. The van der Waals surface area contributed by atoms with Crippen molar-refractivity contribution in [2.75, 3.05) is 13.1 Å². The van der Waals surface area contributed by atoms with Gasteiger partial charge in [0.1, 0.15) is 0 Å². The van der Waals surface area contributed by atoms with Crippen LogP contribution in [0.5, 0.6) is 0 Å². The maximum Gasteiger partial charge on any atom is 0.306 e. The number of dihydropyridines is 1. The highest BCUT2D eigenvalue weighted by atomic mass is 16.4. The largest absolute Gasteiger partial charge is 0.481 e. The van der Waals surface area contributed by atoms with Gasteiger partial charge in [0.25, 0.3) is 0 Å². The summed E-state index contributed by atoms with van der Waals surface area (Å²) in [5.74, 6) is 0.877. The van der Waals surface area contributed by atoms with Crippen molar-refractivity contribution in [3.05, 3.63) is 135 Å². The zero-order valence-electron chi connectivity index (χ0n) is 45.6. The summed E-state index contributed by atoms with van der Waals surface area (Å²) in [6.07, 6.45) is 38.9. The highest BCUT2D eigenvalue weighted by Gasteiger charge is 2.78. The predicted molar refractivity (Wildman–Crippen MR) is 303 cm³/mol. The van der Waals surface area contributed by atoms with Crippen molar-refractivity contribution >= 4 is 23.2 Å². The monoisotopic (exact) mass is 1010 g/mol. The van der Waals surface area contributed by atoms with Crippen molar-refractivity contribution < 1.29 is 20.1 Å². The molecule has 15 aliphatic rings. The summed E-state index contributed by atoms with van der Waals surface area (Å²) in [7, 11) is 0. The van der Waals surface area contributed by atoms with E-state index in [-0.39, 0.29) is 56.9 Å². The van der Waals surface area contributed by atoms with Crippen molar-refractivity contribution in [1.29, 1.82) is 0 Å². The SMILES string of the molecule is C=C1CCC(C(=O)O)C2C(O)C3CCCC24CCC2=C(CC56C=CCC7(C)C(O)CCC2(C2C=c8ccccc8=C(Cc8cccc(c8)C8=CC=C(NCCCC1C1CCCCC1)NC8)C2=C5)C67)C34CCCCCC. The molecule has 13 atom stereocenters. The Morgan fingerprint density at radius 1 is 0.853 bits per heavy atom. The molecule has 9 aliphatic carbocycles. The molecule has 13 unspecified atom stereocenters. The molecule has 398 valence electrons. The number of aliphatic hydroxyl groups excluding tert-OH is 2. The van der Waals surface area contributed by atoms with Gasteiger partial charge in [-0.25, -0.2) is 0 Å². The summed E-state index contributed by atoms with van der Waals surface area (Å²) in [6.45, 7) is 11.3. The number of carboxylic acid groups (broad SMARTS) is 1. The predicted octanol–water partition coefficient (Wildman–Crippen LogP) is 12.8. The van der Waals surface area contributed by atoms with Crippen LogP contribution in [0.1, 0.15) is 173 Å². The fourth-order valence-corrected chi connectivity index (χ4v) is 21.1. The Labute approximate surface area is 448 Å². The Balaban J connectivity index is 1.02. The van der Waals surface area contributed by atoms with E-state index in [4.69, 9.17) is 6.58 Å². The molecule has 6 nitrogen and oxygen atoms in total. The third-order valence-electron chi connectivity index (χ3n) is 23.7. The second-order valence-electron chi connectivity index (χ2n) is 26.9. The molecule has 0 saturated heterocycles. The lowest BCUT2D eigenvalue weighted by Gasteiger charge is -2.73. The van der Waals surface area contributed by atoms with E-state index >= 15 is 0 Å². The Morgan fingerprint density at radius 3 is 2.55 bits per heavy atom. The van der Waals surface area contributed by atoms with E-state index in [9.17, 15) is 20.1 Å². The van der Waals surface area contributed by atoms with Crippen LogP contribution in [0.2, 0.25) is 0 Å². The Hall–Kier alpha value is -4.39. The second kappa shape index (κ2) is 19.2. The second-order valence-corrected chi connectivity index (χ2v) is 26.9. The zero-order chi connectivity index (χ0) is 51.3. The molecule has 17 rings (SSSR count). The molecule has 4 saturated carbocycles. The Bertz CT molecular complexity index is 2910. The first-order valence-electron chi connectivity index (χ1n) is 30.7. The number of unbranched alkanes of at least 4 members (excludes halogenated alkanes) is 3. The molecule has 3 spiro atoms. The Kier molecular flexibility index (Phi) is 12.8. The number of hydrogen-bond donors (Lipinski definition) is 5. The van der Waals surface area contributed by atoms with Crippen LogP contribution in [0.4, 0.5) is 0 Å². The van der Waals surface area contributed by atoms with Crippen LogP contribution in [0.3, 0.4) is 0 Å². The third kappa shape index (κ3) is 7.53. The fourth-order valence-electron chi connectivity index (χ4n) is 21.1. The van der Waals surface area contributed by atoms with Crippen LogP contribution < -0.4 is 21.1 Å². The molecule has 6 heterocycles. The molecule has 2 aromatic carbocycles. The molecular weight excluding hydrogens is 921 g/mol. The van der Waals surface area contributed by atoms with Crippen LogP contribution in [0.25, 0.3) is 17.2 Å². The van der Waals surface area contributed by atoms with Crippen LogP contribution in [0, 0.1) is 68.5 Å². The number of aliphatic hydroxyl groups is 2. The first-order chi connectivity index (χ1) is 36.5. The summed E-state index contributed by atoms with van der Waals surface area (Å²) in [5.41, 5.74) is 10.1. The number of fused-ring (bicyclic) bond motifs is 1. The highest BCUT2D eigenvalue weighted by molar-refractivity contribution is 5.78. The molecule has 5 N–H and O–H groups in total. The van der Waals surface area contributed by atoms with Gasteiger partial charge in [0.15, 0.2) is 0 Å². The molecule has 4 fully saturated rings. The van der Waals surface area contributed by atoms with Gasteiger partial charge in [-0.3, -0.25) is 4.79 Å². The van der Waals surface area contributed by atoms with Crippen molar-refractivity contribution in [3.63, 3.8) is 0 Å². The normalized spacial score (nSPS) is 39.9. The van der Waals surface area contributed by atoms with Crippen molar-refractivity contribution in [2.45, 2.75) is 180 Å². The molecule has 6 heteroatoms. The first-order valence-corrected chi connectivity index (χ1v) is 30.7. The molecule has 6 aliphatic heterocycles. The van der Waals surface area contributed by atoms with Crippen LogP contribution in [-0.4, -0.2) is 46.6 Å². The van der Waals surface area contributed by atoms with Crippen molar-refractivity contribution in [2.24, 2.45) is 68.5 Å². The summed E-state index contributed by atoms with van der Waals surface area (Å²) in [4.78, 5) is 14.4. The van der Waals surface area contributed by atoms with Gasteiger partial charge < -0.3 is 26.0 Å². The summed E-state index contributed by atoms with van der Waals surface area (Å²) >= 11 is 0. The smallest absolute Gasteiger partial charge is 0.306 e. The van der Waals surface area contributed by atoms with E-state index in [1.165, 1.54) is 95.2 Å². The first kappa shape index (κ1) is 50.1. The minimum absolute atomic E-state index is 0.0421. The number of rotatable bonds is 7. The van der Waals surface area contributed by atoms with Gasteiger partial charge >= 0.3 is 5.97 Å². The number of allylic oxidation sites excluding steroid dienone is 9. The fraction of sp³-hybridized carbons (Fsp3) is 0.609. The Morgan fingerprint density at radius 2 is 1.72 bits per heavy atom. The summed E-state index contributed by atoms with van der Waals surface area (Å²) < 4.78 is 0. The number of aliphatic carboxylic acids is 1. The highest BCUT2D eigenvalue weighted by Crippen LogP contribution is 2.83. The maximum atomic E-state index is 14.4. The molecule has 0 aromatic heterocycles. The number of hydrogen-bond acceptors (Lipinski definition) is 5. The van der Waals surface area contributed by atoms with Crippen LogP contribution >= 0.6 is 0 Å². The lowest BCUT2D eigenvalue weighted by molar-refractivity contribution is -0.165. The average molecular weight is 1010 g/mol. The topological polar surface area (TPSA) is 102 Å². The van der Waals surface area contributed by atoms with E-state index in [1.54, 1.807) is 11.1 Å². The lowest BCUT2D eigenvalue weighted by atomic mass is 9.30.